The summed E-state index contributed by atoms with van der Waals surface area (Å²) >= 11 is 7.73. The molecule has 1 N–H and O–H groups in total. The first kappa shape index (κ1) is 15.3. The molecule has 1 aliphatic rings. The monoisotopic (exact) mass is 301 g/mol. The predicted octanol–water partition coefficient (Wildman–Crippen LogP) is 4.27. The zero-order chi connectivity index (χ0) is 13.7. The molecule has 2 nitrogen and oxygen atoms in total. The maximum atomic E-state index is 6.04. The van der Waals surface area contributed by atoms with Crippen molar-refractivity contribution in [1.82, 2.24) is 5.32 Å². The van der Waals surface area contributed by atoms with Gasteiger partial charge in [0, 0.05) is 18.0 Å². The standard InChI is InChI=1S/C15H24ClNOS/c1-3-17-13(11-12-7-8-14(16)19-12)15(18-2)9-5-4-6-10-15/h7-8,13,17H,3-6,9-11H2,1-2H3. The van der Waals surface area contributed by atoms with Gasteiger partial charge in [0.2, 0.25) is 0 Å². The lowest BCUT2D eigenvalue weighted by Crippen LogP contribution is -2.54. The molecule has 108 valence electrons. The molecule has 1 heterocycles. The van der Waals surface area contributed by atoms with Crippen molar-refractivity contribution in [2.24, 2.45) is 0 Å². The van der Waals surface area contributed by atoms with Crippen molar-refractivity contribution < 1.29 is 4.74 Å². The Morgan fingerprint density at radius 2 is 2.11 bits per heavy atom. The quantitative estimate of drug-likeness (QED) is 0.847. The van der Waals surface area contributed by atoms with Crippen molar-refractivity contribution in [3.8, 4) is 0 Å². The summed E-state index contributed by atoms with van der Waals surface area (Å²) in [5, 5.41) is 3.64. The van der Waals surface area contributed by atoms with Gasteiger partial charge in [-0.1, -0.05) is 37.8 Å². The van der Waals surface area contributed by atoms with Crippen LogP contribution in [-0.4, -0.2) is 25.3 Å². The van der Waals surface area contributed by atoms with Gasteiger partial charge >= 0.3 is 0 Å². The van der Waals surface area contributed by atoms with Gasteiger partial charge < -0.3 is 10.1 Å². The van der Waals surface area contributed by atoms with Crippen LogP contribution in [0.1, 0.15) is 43.9 Å². The van der Waals surface area contributed by atoms with E-state index in [9.17, 15) is 0 Å². The molecule has 0 aliphatic heterocycles. The van der Waals surface area contributed by atoms with Crippen LogP contribution in [0.3, 0.4) is 0 Å². The number of rotatable bonds is 6. The third-order valence-electron chi connectivity index (χ3n) is 4.23. The molecule has 19 heavy (non-hydrogen) atoms. The van der Waals surface area contributed by atoms with E-state index in [0.29, 0.717) is 6.04 Å². The van der Waals surface area contributed by atoms with Crippen molar-refractivity contribution >= 4 is 22.9 Å². The minimum atomic E-state index is 0.00469. The molecule has 1 aliphatic carbocycles. The fourth-order valence-corrected chi connectivity index (χ4v) is 4.33. The highest BCUT2D eigenvalue weighted by atomic mass is 35.5. The Morgan fingerprint density at radius 3 is 2.63 bits per heavy atom. The lowest BCUT2D eigenvalue weighted by molar-refractivity contribution is -0.0668. The first-order valence-electron chi connectivity index (χ1n) is 7.23. The maximum Gasteiger partial charge on any atom is 0.0931 e. The highest BCUT2D eigenvalue weighted by molar-refractivity contribution is 7.16. The molecule has 4 heteroatoms. The van der Waals surface area contributed by atoms with Crippen LogP contribution in [0.15, 0.2) is 12.1 Å². The summed E-state index contributed by atoms with van der Waals surface area (Å²) in [4.78, 5) is 1.35. The predicted molar refractivity (Wildman–Crippen MR) is 83.3 cm³/mol. The number of hydrogen-bond donors (Lipinski definition) is 1. The van der Waals surface area contributed by atoms with E-state index in [1.807, 2.05) is 13.2 Å². The van der Waals surface area contributed by atoms with E-state index < -0.39 is 0 Å². The third kappa shape index (κ3) is 3.72. The number of thiophene rings is 1. The van der Waals surface area contributed by atoms with E-state index in [0.717, 1.165) is 17.3 Å². The Balaban J connectivity index is 2.12. The summed E-state index contributed by atoms with van der Waals surface area (Å²) < 4.78 is 6.86. The van der Waals surface area contributed by atoms with Gasteiger partial charge in [0.25, 0.3) is 0 Å². The summed E-state index contributed by atoms with van der Waals surface area (Å²) in [5.74, 6) is 0. The fourth-order valence-electron chi connectivity index (χ4n) is 3.20. The summed E-state index contributed by atoms with van der Waals surface area (Å²) in [6.45, 7) is 3.15. The first-order valence-corrected chi connectivity index (χ1v) is 8.42. The zero-order valence-electron chi connectivity index (χ0n) is 11.9. The van der Waals surface area contributed by atoms with Crippen molar-refractivity contribution in [3.63, 3.8) is 0 Å². The Morgan fingerprint density at radius 1 is 1.37 bits per heavy atom. The van der Waals surface area contributed by atoms with Gasteiger partial charge in [-0.3, -0.25) is 0 Å². The van der Waals surface area contributed by atoms with Crippen LogP contribution in [0.25, 0.3) is 0 Å². The lowest BCUT2D eigenvalue weighted by atomic mass is 9.77. The molecule has 0 aromatic carbocycles. The summed E-state index contributed by atoms with van der Waals surface area (Å²) in [6, 6.07) is 4.52. The molecule has 0 radical (unpaired) electrons. The zero-order valence-corrected chi connectivity index (χ0v) is 13.4. The number of ether oxygens (including phenoxy) is 1. The van der Waals surface area contributed by atoms with Gasteiger partial charge in [-0.15, -0.1) is 11.3 Å². The maximum absolute atomic E-state index is 6.04. The van der Waals surface area contributed by atoms with E-state index >= 15 is 0 Å². The van der Waals surface area contributed by atoms with Crippen LogP contribution in [0, 0.1) is 0 Å². The van der Waals surface area contributed by atoms with Gasteiger partial charge in [-0.2, -0.15) is 0 Å². The van der Waals surface area contributed by atoms with Crippen LogP contribution in [0.5, 0.6) is 0 Å². The molecule has 0 saturated heterocycles. The third-order valence-corrected chi connectivity index (χ3v) is 5.48. The molecule has 0 bridgehead atoms. The molecule has 2 rings (SSSR count). The summed E-state index contributed by atoms with van der Waals surface area (Å²) in [6.07, 6.45) is 7.25. The normalized spacial score (nSPS) is 20.4. The summed E-state index contributed by atoms with van der Waals surface area (Å²) in [5.41, 5.74) is 0.00469. The average molecular weight is 302 g/mol. The van der Waals surface area contributed by atoms with Crippen molar-refractivity contribution in [2.45, 2.75) is 57.1 Å². The smallest absolute Gasteiger partial charge is 0.0931 e. The first-order chi connectivity index (χ1) is 9.20. The van der Waals surface area contributed by atoms with Gasteiger partial charge in [-0.05, 0) is 37.9 Å². The fraction of sp³-hybridized carbons (Fsp3) is 0.733. The largest absolute Gasteiger partial charge is 0.377 e. The highest BCUT2D eigenvalue weighted by Crippen LogP contribution is 2.36. The Labute approximate surface area is 125 Å². The van der Waals surface area contributed by atoms with Crippen LogP contribution in [0.4, 0.5) is 0 Å². The molecule has 1 saturated carbocycles. The highest BCUT2D eigenvalue weighted by Gasteiger charge is 2.39. The van der Waals surface area contributed by atoms with E-state index in [1.165, 1.54) is 37.0 Å². The van der Waals surface area contributed by atoms with Gasteiger partial charge in [0.15, 0.2) is 0 Å². The molecule has 0 amide bonds. The second-order valence-electron chi connectivity index (χ2n) is 5.35. The van der Waals surface area contributed by atoms with Gasteiger partial charge in [-0.25, -0.2) is 0 Å². The number of likely N-dealkylation sites (N-methyl/N-ethyl adjacent to an activating group) is 1. The van der Waals surface area contributed by atoms with Crippen LogP contribution >= 0.6 is 22.9 Å². The van der Waals surface area contributed by atoms with Crippen LogP contribution < -0.4 is 5.32 Å². The van der Waals surface area contributed by atoms with Crippen molar-refractivity contribution in [1.29, 1.82) is 0 Å². The minimum Gasteiger partial charge on any atom is -0.377 e. The molecule has 1 unspecified atom stereocenters. The number of nitrogens with one attached hydrogen (secondary N) is 1. The molecule has 1 fully saturated rings. The Kier molecular flexibility index (Phi) is 5.70. The van der Waals surface area contributed by atoms with Crippen molar-refractivity contribution in [3.05, 3.63) is 21.3 Å². The van der Waals surface area contributed by atoms with Crippen LogP contribution in [0.2, 0.25) is 4.34 Å². The Hall–Kier alpha value is -0.0900. The van der Waals surface area contributed by atoms with Gasteiger partial charge in [0.1, 0.15) is 0 Å². The van der Waals surface area contributed by atoms with Crippen molar-refractivity contribution in [2.75, 3.05) is 13.7 Å². The van der Waals surface area contributed by atoms with Gasteiger partial charge in [0.05, 0.1) is 9.94 Å². The van der Waals surface area contributed by atoms with Crippen LogP contribution in [-0.2, 0) is 11.2 Å². The number of methoxy groups -OCH3 is 1. The Bertz CT molecular complexity index is 387. The molecule has 1 atom stereocenters. The second kappa shape index (κ2) is 7.07. The molecular formula is C15H24ClNOS. The minimum absolute atomic E-state index is 0.00469. The molecular weight excluding hydrogens is 278 g/mol. The van der Waals surface area contributed by atoms with E-state index in [-0.39, 0.29) is 5.60 Å². The SMILES string of the molecule is CCNC(Cc1ccc(Cl)s1)C1(OC)CCCCC1. The average Bonchev–Trinajstić information content (AvgIpc) is 2.84. The molecule has 1 aromatic rings. The van der Waals surface area contributed by atoms with E-state index in [2.05, 4.69) is 18.3 Å². The second-order valence-corrected chi connectivity index (χ2v) is 7.15. The molecule has 1 aromatic heterocycles. The lowest BCUT2D eigenvalue weighted by Gasteiger charge is -2.43. The molecule has 0 spiro atoms. The van der Waals surface area contributed by atoms with E-state index in [4.69, 9.17) is 16.3 Å². The summed E-state index contributed by atoms with van der Waals surface area (Å²) in [7, 11) is 1.87. The van der Waals surface area contributed by atoms with E-state index in [1.54, 1.807) is 11.3 Å². The topological polar surface area (TPSA) is 21.3 Å². The number of halogens is 1. The number of hydrogen-bond acceptors (Lipinski definition) is 3.